The molecule has 4 rings (SSSR count). The van der Waals surface area contributed by atoms with Gasteiger partial charge in [0.2, 0.25) is 11.8 Å². The molecule has 0 bridgehead atoms. The molecular weight excluding hydrogens is 562 g/mol. The summed E-state index contributed by atoms with van der Waals surface area (Å²) in [4.78, 5) is 55.0. The Balaban J connectivity index is 1.54. The molecule has 5 atom stereocenters. The van der Waals surface area contributed by atoms with Crippen molar-refractivity contribution in [2.45, 2.75) is 128 Å². The summed E-state index contributed by atoms with van der Waals surface area (Å²) in [6.45, 7) is 7.74. The van der Waals surface area contributed by atoms with Crippen LogP contribution in [0.3, 0.4) is 0 Å². The number of hydrogen-bond acceptors (Lipinski definition) is 7. The van der Waals surface area contributed by atoms with E-state index in [2.05, 4.69) is 15.4 Å². The van der Waals surface area contributed by atoms with E-state index in [-0.39, 0.29) is 24.3 Å². The van der Waals surface area contributed by atoms with Crippen LogP contribution in [-0.4, -0.2) is 83.8 Å². The van der Waals surface area contributed by atoms with Crippen LogP contribution in [0.4, 0.5) is 4.79 Å². The maximum Gasteiger partial charge on any atom is 0.408 e. The zero-order chi connectivity index (χ0) is 30.7. The van der Waals surface area contributed by atoms with Crippen LogP contribution in [-0.2, 0) is 29.3 Å². The van der Waals surface area contributed by atoms with E-state index >= 15 is 0 Å². The lowest BCUT2D eigenvalue weighted by Gasteiger charge is -2.33. The second-order valence-corrected chi connectivity index (χ2v) is 14.7. The lowest BCUT2D eigenvalue weighted by molar-refractivity contribution is -0.141. The molecule has 4 aliphatic rings. The highest BCUT2D eigenvalue weighted by Crippen LogP contribution is 2.45. The van der Waals surface area contributed by atoms with E-state index in [1.54, 1.807) is 20.8 Å². The van der Waals surface area contributed by atoms with E-state index in [0.29, 0.717) is 38.8 Å². The van der Waals surface area contributed by atoms with Gasteiger partial charge in [-0.05, 0) is 79.1 Å². The Hall–Kier alpha value is -2.67. The Kier molecular flexibility index (Phi) is 9.91. The van der Waals surface area contributed by atoms with Crippen LogP contribution in [0.15, 0.2) is 12.2 Å². The molecule has 236 valence electrons. The van der Waals surface area contributed by atoms with Crippen molar-refractivity contribution in [3.63, 3.8) is 0 Å². The number of nitrogens with one attached hydrogen (secondary N) is 3. The molecule has 3 heterocycles. The summed E-state index contributed by atoms with van der Waals surface area (Å²) < 4.78 is 35.4. The van der Waals surface area contributed by atoms with Crippen molar-refractivity contribution < 1.29 is 32.3 Å². The Bertz CT molecular complexity index is 1180. The third-order valence-electron chi connectivity index (χ3n) is 8.60. The molecule has 2 unspecified atom stereocenters. The number of carbonyl (C=O) groups excluding carboxylic acids is 4. The maximum atomic E-state index is 13.7. The number of alkyl carbamates (subject to hydrolysis) is 1. The number of amides is 4. The second-order valence-electron chi connectivity index (χ2n) is 13.1. The molecule has 3 N–H and O–H groups in total. The summed E-state index contributed by atoms with van der Waals surface area (Å²) in [5.74, 6) is -1.97. The number of carbonyl (C=O) groups is 4. The average Bonchev–Trinajstić information content (AvgIpc) is 3.35. The monoisotopic (exact) mass is 609 g/mol. The first-order chi connectivity index (χ1) is 19.7. The minimum absolute atomic E-state index is 0.223. The van der Waals surface area contributed by atoms with Gasteiger partial charge in [-0.15, -0.1) is 0 Å². The average molecular weight is 610 g/mol. The fraction of sp³-hybridized carbons (Fsp3) is 0.793. The summed E-state index contributed by atoms with van der Waals surface area (Å²) in [6, 6.07) is -1.91. The molecule has 0 aromatic carbocycles. The number of rotatable bonds is 4. The van der Waals surface area contributed by atoms with Crippen molar-refractivity contribution >= 4 is 34.0 Å². The van der Waals surface area contributed by atoms with E-state index in [9.17, 15) is 27.6 Å². The first-order valence-electron chi connectivity index (χ1n) is 15.4. The zero-order valence-corrected chi connectivity index (χ0v) is 26.1. The summed E-state index contributed by atoms with van der Waals surface area (Å²) in [5, 5.41) is 5.58. The number of ether oxygens (including phenoxy) is 1. The molecule has 3 aliphatic heterocycles. The molecule has 12 nitrogen and oxygen atoms in total. The molecule has 0 aromatic rings. The van der Waals surface area contributed by atoms with Gasteiger partial charge in [-0.2, -0.15) is 12.7 Å². The highest BCUT2D eigenvalue weighted by Gasteiger charge is 2.61. The van der Waals surface area contributed by atoms with Gasteiger partial charge < -0.3 is 20.3 Å². The molecule has 1 saturated carbocycles. The van der Waals surface area contributed by atoms with E-state index in [1.165, 1.54) is 9.21 Å². The SMILES string of the molecule is CC1CCCCN1S(=O)(=O)NC(=O)[C@@]12C[C@H]1C=CCCCCCC(NC(=O)OC(C)(C)C)C(=O)N1CCC[C@H]1C(=O)N2. The molecule has 13 heteroatoms. The van der Waals surface area contributed by atoms with E-state index in [1.807, 2.05) is 19.1 Å². The van der Waals surface area contributed by atoms with Crippen LogP contribution in [0, 0.1) is 5.92 Å². The first kappa shape index (κ1) is 32.2. The highest BCUT2D eigenvalue weighted by atomic mass is 32.2. The quantitative estimate of drug-likeness (QED) is 0.414. The number of nitrogens with zero attached hydrogens (tertiary/aromatic N) is 2. The van der Waals surface area contributed by atoms with Gasteiger partial charge in [0.1, 0.15) is 23.2 Å². The van der Waals surface area contributed by atoms with Gasteiger partial charge in [0, 0.05) is 25.0 Å². The van der Waals surface area contributed by atoms with Crippen LogP contribution in [0.2, 0.25) is 0 Å². The zero-order valence-electron chi connectivity index (χ0n) is 25.3. The molecule has 0 spiro atoms. The van der Waals surface area contributed by atoms with Crippen molar-refractivity contribution in [2.24, 2.45) is 5.92 Å². The van der Waals surface area contributed by atoms with Crippen LogP contribution in [0.1, 0.15) is 98.3 Å². The molecule has 0 radical (unpaired) electrons. The van der Waals surface area contributed by atoms with Gasteiger partial charge in [0.15, 0.2) is 0 Å². The fourth-order valence-corrected chi connectivity index (χ4v) is 7.72. The van der Waals surface area contributed by atoms with E-state index in [0.717, 1.165) is 38.5 Å². The standard InChI is InChI=1S/C29H47N5O7S/c1-20-13-10-11-18-34(20)42(39,40)32-26(37)29-19-21(29)14-8-6-5-7-9-15-22(30-27(38)41-28(2,3)4)25(36)33-17-12-16-23(33)24(35)31-29/h8,14,20-23H,5-7,9-13,15-19H2,1-4H3,(H,30,38)(H,31,35)(H,32,37)/t20?,21-,22?,23+,29-/m1/s1. The van der Waals surface area contributed by atoms with Crippen molar-refractivity contribution in [1.29, 1.82) is 0 Å². The van der Waals surface area contributed by atoms with Gasteiger partial charge >= 0.3 is 16.3 Å². The molecular formula is C29H47N5O7S. The normalized spacial score (nSPS) is 31.6. The Labute approximate surface area is 249 Å². The first-order valence-corrected chi connectivity index (χ1v) is 16.8. The minimum Gasteiger partial charge on any atom is -0.444 e. The largest absolute Gasteiger partial charge is 0.444 e. The minimum atomic E-state index is -4.09. The van der Waals surface area contributed by atoms with Crippen LogP contribution in [0.5, 0.6) is 0 Å². The topological polar surface area (TPSA) is 154 Å². The highest BCUT2D eigenvalue weighted by molar-refractivity contribution is 7.87. The van der Waals surface area contributed by atoms with Crippen molar-refractivity contribution in [3.05, 3.63) is 12.2 Å². The van der Waals surface area contributed by atoms with Gasteiger partial charge in [-0.1, -0.05) is 31.4 Å². The number of fused-ring (bicyclic) bond motifs is 2. The third kappa shape index (κ3) is 7.64. The van der Waals surface area contributed by atoms with Crippen molar-refractivity contribution in [3.8, 4) is 0 Å². The Morgan fingerprint density at radius 3 is 2.48 bits per heavy atom. The maximum absolute atomic E-state index is 13.7. The smallest absolute Gasteiger partial charge is 0.408 e. The van der Waals surface area contributed by atoms with E-state index < -0.39 is 51.3 Å². The predicted molar refractivity (Wildman–Crippen MR) is 156 cm³/mol. The fourth-order valence-electron chi connectivity index (χ4n) is 6.24. The van der Waals surface area contributed by atoms with Gasteiger partial charge in [0.05, 0.1) is 0 Å². The molecule has 4 amide bonds. The van der Waals surface area contributed by atoms with Crippen molar-refractivity contribution in [1.82, 2.24) is 24.6 Å². The van der Waals surface area contributed by atoms with Gasteiger partial charge in [-0.3, -0.25) is 14.4 Å². The molecule has 1 aliphatic carbocycles. The summed E-state index contributed by atoms with van der Waals surface area (Å²) in [6.07, 6.45) is 10.3. The van der Waals surface area contributed by atoms with Crippen LogP contribution >= 0.6 is 0 Å². The second kappa shape index (κ2) is 12.9. The molecule has 3 fully saturated rings. The third-order valence-corrected chi connectivity index (χ3v) is 10.2. The number of piperidine rings is 1. The van der Waals surface area contributed by atoms with Gasteiger partial charge in [0.25, 0.3) is 5.91 Å². The summed E-state index contributed by atoms with van der Waals surface area (Å²) in [5.41, 5.74) is -2.14. The summed E-state index contributed by atoms with van der Waals surface area (Å²) >= 11 is 0. The Morgan fingerprint density at radius 2 is 1.76 bits per heavy atom. The summed E-state index contributed by atoms with van der Waals surface area (Å²) in [7, 11) is -4.09. The van der Waals surface area contributed by atoms with Gasteiger partial charge in [-0.25, -0.2) is 9.52 Å². The predicted octanol–water partition coefficient (Wildman–Crippen LogP) is 2.50. The van der Waals surface area contributed by atoms with Crippen LogP contribution in [0.25, 0.3) is 0 Å². The number of hydrogen-bond donors (Lipinski definition) is 3. The lowest BCUT2D eigenvalue weighted by Crippen LogP contribution is -2.59. The van der Waals surface area contributed by atoms with Crippen molar-refractivity contribution in [2.75, 3.05) is 13.1 Å². The van der Waals surface area contributed by atoms with Crippen LogP contribution < -0.4 is 15.4 Å². The Morgan fingerprint density at radius 1 is 1.02 bits per heavy atom. The molecule has 0 aromatic heterocycles. The number of allylic oxidation sites excluding steroid dienone is 1. The molecule has 2 saturated heterocycles. The lowest BCUT2D eigenvalue weighted by atomic mass is 10.0. The van der Waals surface area contributed by atoms with E-state index in [4.69, 9.17) is 4.74 Å². The molecule has 42 heavy (non-hydrogen) atoms.